The van der Waals surface area contributed by atoms with Crippen molar-refractivity contribution in [1.29, 1.82) is 0 Å². The largest absolute Gasteiger partial charge is 0.385 e. The van der Waals surface area contributed by atoms with Gasteiger partial charge in [-0.2, -0.15) is 0 Å². The van der Waals surface area contributed by atoms with Gasteiger partial charge < -0.3 is 5.32 Å². The molecule has 1 aliphatic rings. The van der Waals surface area contributed by atoms with Crippen molar-refractivity contribution < 1.29 is 4.92 Å². The van der Waals surface area contributed by atoms with E-state index in [1.165, 1.54) is 19.3 Å². The lowest BCUT2D eigenvalue weighted by molar-refractivity contribution is -0.385. The highest BCUT2D eigenvalue weighted by Gasteiger charge is 2.17. The van der Waals surface area contributed by atoms with Crippen LogP contribution in [-0.2, 0) is 0 Å². The quantitative estimate of drug-likeness (QED) is 0.626. The molecule has 0 aliphatic heterocycles. The van der Waals surface area contributed by atoms with Crippen molar-refractivity contribution in [3.05, 3.63) is 33.9 Å². The van der Waals surface area contributed by atoms with Crippen LogP contribution in [0.2, 0.25) is 0 Å². The highest BCUT2D eigenvalue weighted by atomic mass is 16.6. The van der Waals surface area contributed by atoms with Gasteiger partial charge in [-0.25, -0.2) is 0 Å². The Morgan fingerprint density at radius 3 is 2.75 bits per heavy atom. The summed E-state index contributed by atoms with van der Waals surface area (Å²) in [5, 5.41) is 14.0. The molecule has 0 aromatic heterocycles. The maximum atomic E-state index is 10.6. The standard InChI is InChI=1S/C12H16N2O2/c1-9-7-11(5-6-12(9)14(15)16)13-8-10-3-2-4-10/h5-7,10,13H,2-4,8H2,1H3. The van der Waals surface area contributed by atoms with Gasteiger partial charge in [0.2, 0.25) is 0 Å². The van der Waals surface area contributed by atoms with Crippen LogP contribution in [0.3, 0.4) is 0 Å². The zero-order valence-electron chi connectivity index (χ0n) is 9.40. The van der Waals surface area contributed by atoms with Crippen molar-refractivity contribution in [2.75, 3.05) is 11.9 Å². The van der Waals surface area contributed by atoms with Crippen LogP contribution in [0.25, 0.3) is 0 Å². The van der Waals surface area contributed by atoms with Gasteiger partial charge in [0.25, 0.3) is 5.69 Å². The van der Waals surface area contributed by atoms with Crippen molar-refractivity contribution >= 4 is 11.4 Å². The van der Waals surface area contributed by atoms with Crippen molar-refractivity contribution in [1.82, 2.24) is 0 Å². The number of nitro groups is 1. The molecule has 0 saturated heterocycles. The van der Waals surface area contributed by atoms with Crippen LogP contribution in [0.1, 0.15) is 24.8 Å². The van der Waals surface area contributed by atoms with E-state index in [0.29, 0.717) is 5.56 Å². The number of aryl methyl sites for hydroxylation is 1. The molecule has 0 unspecified atom stereocenters. The van der Waals surface area contributed by atoms with Crippen molar-refractivity contribution in [3.63, 3.8) is 0 Å². The number of hydrogen-bond acceptors (Lipinski definition) is 3. The molecule has 4 heteroatoms. The molecule has 2 rings (SSSR count). The van der Waals surface area contributed by atoms with Crippen LogP contribution >= 0.6 is 0 Å². The summed E-state index contributed by atoms with van der Waals surface area (Å²) in [6, 6.07) is 5.19. The molecule has 16 heavy (non-hydrogen) atoms. The van der Waals surface area contributed by atoms with Gasteiger partial charge in [-0.3, -0.25) is 10.1 Å². The Morgan fingerprint density at radius 1 is 1.50 bits per heavy atom. The first-order chi connectivity index (χ1) is 7.66. The lowest BCUT2D eigenvalue weighted by Crippen LogP contribution is -2.20. The Kier molecular flexibility index (Phi) is 3.08. The van der Waals surface area contributed by atoms with Gasteiger partial charge in [-0.15, -0.1) is 0 Å². The summed E-state index contributed by atoms with van der Waals surface area (Å²) in [7, 11) is 0. The molecule has 1 aromatic rings. The fourth-order valence-electron chi connectivity index (χ4n) is 1.93. The fraction of sp³-hybridized carbons (Fsp3) is 0.500. The Hall–Kier alpha value is -1.58. The van der Waals surface area contributed by atoms with Gasteiger partial charge in [-0.05, 0) is 37.8 Å². The molecule has 1 aliphatic carbocycles. The molecule has 4 nitrogen and oxygen atoms in total. The van der Waals surface area contributed by atoms with E-state index in [2.05, 4.69) is 5.32 Å². The number of nitrogens with zero attached hydrogens (tertiary/aromatic N) is 1. The predicted octanol–water partition coefficient (Wildman–Crippen LogP) is 3.12. The number of rotatable bonds is 4. The average Bonchev–Trinajstić information content (AvgIpc) is 2.14. The summed E-state index contributed by atoms with van der Waals surface area (Å²) in [6.07, 6.45) is 3.95. The Bertz CT molecular complexity index is 400. The molecule has 1 fully saturated rings. The maximum Gasteiger partial charge on any atom is 0.272 e. The highest BCUT2D eigenvalue weighted by Crippen LogP contribution is 2.27. The first-order valence-electron chi connectivity index (χ1n) is 5.66. The van der Waals surface area contributed by atoms with Gasteiger partial charge >= 0.3 is 0 Å². The number of benzene rings is 1. The number of anilines is 1. The van der Waals surface area contributed by atoms with Crippen LogP contribution in [0, 0.1) is 23.0 Å². The molecule has 0 atom stereocenters. The monoisotopic (exact) mass is 220 g/mol. The Labute approximate surface area is 94.8 Å². The SMILES string of the molecule is Cc1cc(NCC2CCC2)ccc1[N+](=O)[O-]. The third-order valence-electron chi connectivity index (χ3n) is 3.21. The summed E-state index contributed by atoms with van der Waals surface area (Å²) in [6.45, 7) is 2.75. The van der Waals surface area contributed by atoms with Crippen LogP contribution in [0.15, 0.2) is 18.2 Å². The highest BCUT2D eigenvalue weighted by molar-refractivity contribution is 5.53. The zero-order valence-corrected chi connectivity index (χ0v) is 9.40. The van der Waals surface area contributed by atoms with E-state index in [9.17, 15) is 10.1 Å². The van der Waals surface area contributed by atoms with Gasteiger partial charge in [0.05, 0.1) is 4.92 Å². The van der Waals surface area contributed by atoms with Crippen LogP contribution in [-0.4, -0.2) is 11.5 Å². The number of nitro benzene ring substituents is 1. The normalized spacial score (nSPS) is 15.6. The molecular formula is C12H16N2O2. The van der Waals surface area contributed by atoms with Crippen LogP contribution in [0.5, 0.6) is 0 Å². The lowest BCUT2D eigenvalue weighted by Gasteiger charge is -2.25. The second-order valence-electron chi connectivity index (χ2n) is 4.44. The minimum Gasteiger partial charge on any atom is -0.385 e. The fourth-order valence-corrected chi connectivity index (χ4v) is 1.93. The van der Waals surface area contributed by atoms with Crippen molar-refractivity contribution in [2.24, 2.45) is 5.92 Å². The lowest BCUT2D eigenvalue weighted by atomic mass is 9.85. The summed E-state index contributed by atoms with van der Waals surface area (Å²) < 4.78 is 0. The predicted molar refractivity (Wildman–Crippen MR) is 63.7 cm³/mol. The first kappa shape index (κ1) is 10.9. The molecule has 86 valence electrons. The van der Waals surface area contributed by atoms with Gasteiger partial charge in [0.15, 0.2) is 0 Å². The molecule has 0 heterocycles. The molecule has 1 aromatic carbocycles. The Balaban J connectivity index is 1.99. The van der Waals surface area contributed by atoms with Gasteiger partial charge in [0.1, 0.15) is 0 Å². The summed E-state index contributed by atoms with van der Waals surface area (Å²) in [5.41, 5.74) is 1.88. The summed E-state index contributed by atoms with van der Waals surface area (Å²) in [4.78, 5) is 10.3. The molecule has 0 spiro atoms. The molecular weight excluding hydrogens is 204 g/mol. The molecule has 0 amide bonds. The van der Waals surface area contributed by atoms with E-state index in [4.69, 9.17) is 0 Å². The first-order valence-corrected chi connectivity index (χ1v) is 5.66. The zero-order chi connectivity index (χ0) is 11.5. The number of nitrogens with one attached hydrogen (secondary N) is 1. The van der Waals surface area contributed by atoms with E-state index < -0.39 is 0 Å². The van der Waals surface area contributed by atoms with Gasteiger partial charge in [0, 0.05) is 23.9 Å². The van der Waals surface area contributed by atoms with E-state index in [1.807, 2.05) is 6.07 Å². The second-order valence-corrected chi connectivity index (χ2v) is 4.44. The minimum absolute atomic E-state index is 0.189. The van der Waals surface area contributed by atoms with Crippen LogP contribution in [0.4, 0.5) is 11.4 Å². The van der Waals surface area contributed by atoms with E-state index >= 15 is 0 Å². The molecule has 1 N–H and O–H groups in total. The summed E-state index contributed by atoms with van der Waals surface area (Å²) in [5.74, 6) is 0.787. The van der Waals surface area contributed by atoms with Crippen molar-refractivity contribution in [3.8, 4) is 0 Å². The van der Waals surface area contributed by atoms with E-state index in [0.717, 1.165) is 18.2 Å². The smallest absolute Gasteiger partial charge is 0.272 e. The summed E-state index contributed by atoms with van der Waals surface area (Å²) >= 11 is 0. The Morgan fingerprint density at radius 2 is 2.25 bits per heavy atom. The maximum absolute atomic E-state index is 10.6. The second kappa shape index (κ2) is 4.51. The molecule has 0 bridgehead atoms. The van der Waals surface area contributed by atoms with Gasteiger partial charge in [-0.1, -0.05) is 6.42 Å². The average molecular weight is 220 g/mol. The van der Waals surface area contributed by atoms with Crippen molar-refractivity contribution in [2.45, 2.75) is 26.2 Å². The van der Waals surface area contributed by atoms with Crippen LogP contribution < -0.4 is 5.32 Å². The topological polar surface area (TPSA) is 55.2 Å². The molecule has 0 radical (unpaired) electrons. The third-order valence-corrected chi connectivity index (χ3v) is 3.21. The number of hydrogen-bond donors (Lipinski definition) is 1. The van der Waals surface area contributed by atoms with E-state index in [1.54, 1.807) is 19.1 Å². The van der Waals surface area contributed by atoms with E-state index in [-0.39, 0.29) is 10.6 Å². The molecule has 1 saturated carbocycles. The third kappa shape index (κ3) is 2.32. The minimum atomic E-state index is -0.342.